The number of anilines is 1. The summed E-state index contributed by atoms with van der Waals surface area (Å²) in [6.45, 7) is 6.80. The van der Waals surface area contributed by atoms with E-state index in [1.165, 1.54) is 4.31 Å². The van der Waals surface area contributed by atoms with Gasteiger partial charge in [0, 0.05) is 48.5 Å². The molecule has 1 atom stereocenters. The molecular formula is C26H40N2O8S3. The number of benzene rings is 2. The van der Waals surface area contributed by atoms with Crippen LogP contribution in [0.25, 0.3) is 10.8 Å². The number of nitrogens with zero attached hydrogens (tertiary/aromatic N) is 2. The van der Waals surface area contributed by atoms with Gasteiger partial charge in [0.15, 0.2) is 19.7 Å². The molecule has 2 aromatic rings. The number of fused-ring (bicyclic) bond motifs is 1. The van der Waals surface area contributed by atoms with E-state index in [0.717, 1.165) is 16.5 Å². The van der Waals surface area contributed by atoms with Gasteiger partial charge < -0.3 is 14.4 Å². The summed E-state index contributed by atoms with van der Waals surface area (Å²) in [4.78, 5) is 2.06. The van der Waals surface area contributed by atoms with Crippen LogP contribution < -0.4 is 4.90 Å². The van der Waals surface area contributed by atoms with E-state index < -0.39 is 35.7 Å². The van der Waals surface area contributed by atoms with Gasteiger partial charge in [-0.25, -0.2) is 25.3 Å². The van der Waals surface area contributed by atoms with E-state index in [9.17, 15) is 25.3 Å². The van der Waals surface area contributed by atoms with Crippen molar-refractivity contribution in [3.8, 4) is 0 Å². The van der Waals surface area contributed by atoms with Gasteiger partial charge in [-0.3, -0.25) is 0 Å². The molecule has 13 heteroatoms. The summed E-state index contributed by atoms with van der Waals surface area (Å²) in [7, 11) is -7.17. The molecule has 0 aliphatic rings. The predicted molar refractivity (Wildman–Crippen MR) is 156 cm³/mol. The normalized spacial score (nSPS) is 13.6. The quantitative estimate of drug-likeness (QED) is 0.236. The van der Waals surface area contributed by atoms with Gasteiger partial charge in [0.05, 0.1) is 48.6 Å². The van der Waals surface area contributed by atoms with Crippen LogP contribution in [0.4, 0.5) is 5.69 Å². The zero-order valence-electron chi connectivity index (χ0n) is 23.1. The minimum atomic E-state index is -4.00. The molecule has 0 fully saturated rings. The molecule has 10 nitrogen and oxygen atoms in total. The Morgan fingerprint density at radius 2 is 1.44 bits per heavy atom. The van der Waals surface area contributed by atoms with Crippen molar-refractivity contribution in [3.63, 3.8) is 0 Å². The first-order valence-corrected chi connectivity index (χ1v) is 17.7. The van der Waals surface area contributed by atoms with Crippen LogP contribution in [0.5, 0.6) is 0 Å². The summed E-state index contributed by atoms with van der Waals surface area (Å²) in [5, 5.41) is 2.25. The summed E-state index contributed by atoms with van der Waals surface area (Å²) in [6.07, 6.45) is 0.518. The topological polar surface area (TPSA) is 127 Å². The fourth-order valence-corrected chi connectivity index (χ4v) is 7.48. The van der Waals surface area contributed by atoms with E-state index >= 15 is 0 Å². The molecule has 0 aliphatic carbocycles. The van der Waals surface area contributed by atoms with Crippen LogP contribution in [0.1, 0.15) is 20.3 Å². The number of ether oxygens (including phenoxy) is 2. The van der Waals surface area contributed by atoms with Gasteiger partial charge in [0.25, 0.3) is 0 Å². The molecule has 39 heavy (non-hydrogen) atoms. The van der Waals surface area contributed by atoms with E-state index in [0.29, 0.717) is 11.8 Å². The highest BCUT2D eigenvalue weighted by atomic mass is 32.2. The van der Waals surface area contributed by atoms with Crippen molar-refractivity contribution >= 4 is 46.2 Å². The van der Waals surface area contributed by atoms with Crippen LogP contribution >= 0.6 is 0 Å². The maximum Gasteiger partial charge on any atom is 0.243 e. The van der Waals surface area contributed by atoms with Gasteiger partial charge in [-0.15, -0.1) is 0 Å². The maximum absolute atomic E-state index is 13.8. The molecule has 2 aromatic carbocycles. The fourth-order valence-electron chi connectivity index (χ4n) is 3.88. The SMILES string of the molecule is C=CS(=O)(=O)CCOCCOCCS(=O)(=O)CCN(C(C)CC)S(=O)(=O)c1cccc2c(N(C)C)cccc12. The second kappa shape index (κ2) is 14.6. The number of sulfonamides is 1. The van der Waals surface area contributed by atoms with Crippen LogP contribution in [0.2, 0.25) is 0 Å². The number of hydrogen-bond acceptors (Lipinski definition) is 9. The molecule has 0 amide bonds. The Labute approximate surface area is 233 Å². The van der Waals surface area contributed by atoms with Crippen molar-refractivity contribution in [2.75, 3.05) is 69.2 Å². The van der Waals surface area contributed by atoms with E-state index in [1.807, 2.05) is 44.1 Å². The van der Waals surface area contributed by atoms with Gasteiger partial charge in [0.1, 0.15) is 0 Å². The fraction of sp³-hybridized carbons (Fsp3) is 0.538. The van der Waals surface area contributed by atoms with Gasteiger partial charge in [-0.1, -0.05) is 37.8 Å². The third kappa shape index (κ3) is 9.54. The molecule has 0 aromatic heterocycles. The molecule has 0 aliphatic heterocycles. The Hall–Kier alpha value is -2.03. The first-order chi connectivity index (χ1) is 18.3. The lowest BCUT2D eigenvalue weighted by molar-refractivity contribution is 0.0597. The van der Waals surface area contributed by atoms with E-state index in [2.05, 4.69) is 6.58 Å². The van der Waals surface area contributed by atoms with Crippen molar-refractivity contribution < 1.29 is 34.7 Å². The predicted octanol–water partition coefficient (Wildman–Crippen LogP) is 2.70. The maximum atomic E-state index is 13.8. The van der Waals surface area contributed by atoms with E-state index in [4.69, 9.17) is 9.47 Å². The average Bonchev–Trinajstić information content (AvgIpc) is 2.88. The average molecular weight is 605 g/mol. The summed E-state index contributed by atoms with van der Waals surface area (Å²) in [6, 6.07) is 10.2. The highest BCUT2D eigenvalue weighted by Crippen LogP contribution is 2.32. The molecule has 0 saturated heterocycles. The lowest BCUT2D eigenvalue weighted by Gasteiger charge is -2.28. The molecular weight excluding hydrogens is 564 g/mol. The molecule has 0 heterocycles. The Morgan fingerprint density at radius 3 is 2.03 bits per heavy atom. The first kappa shape index (κ1) is 33.2. The summed E-state index contributed by atoms with van der Waals surface area (Å²) >= 11 is 0. The molecule has 0 bridgehead atoms. The highest BCUT2D eigenvalue weighted by Gasteiger charge is 2.31. The number of rotatable bonds is 18. The molecule has 220 valence electrons. The standard InChI is InChI=1S/C26H40N2O8S3/c1-6-22(3)28(14-19-38(31,32)21-18-36-16-15-35-17-20-37(29,30)7-2)39(33,34)26-13-9-10-23-24(26)11-8-12-25(23)27(4)5/h7-13,22H,2,6,14-21H2,1,3-5H3. The van der Waals surface area contributed by atoms with Crippen LogP contribution in [0.15, 0.2) is 53.3 Å². The van der Waals surface area contributed by atoms with E-state index in [-0.39, 0.29) is 55.1 Å². The van der Waals surface area contributed by atoms with Crippen molar-refractivity contribution in [3.05, 3.63) is 48.4 Å². The third-order valence-corrected chi connectivity index (χ3v) is 11.2. The minimum absolute atomic E-state index is 0.0108. The van der Waals surface area contributed by atoms with Crippen LogP contribution in [0.3, 0.4) is 0 Å². The first-order valence-electron chi connectivity index (χ1n) is 12.7. The highest BCUT2D eigenvalue weighted by molar-refractivity contribution is 7.94. The molecule has 0 N–H and O–H groups in total. The summed E-state index contributed by atoms with van der Waals surface area (Å²) < 4.78 is 87.5. The zero-order valence-corrected chi connectivity index (χ0v) is 25.5. The van der Waals surface area contributed by atoms with Crippen molar-refractivity contribution in [2.45, 2.75) is 31.2 Å². The van der Waals surface area contributed by atoms with Crippen LogP contribution in [0, 0.1) is 0 Å². The Balaban J connectivity index is 2.04. The molecule has 0 saturated carbocycles. The second-order valence-corrected chi connectivity index (χ2v) is 15.5. The molecule has 2 rings (SSSR count). The van der Waals surface area contributed by atoms with Gasteiger partial charge in [-0.2, -0.15) is 4.31 Å². The summed E-state index contributed by atoms with van der Waals surface area (Å²) in [5.74, 6) is -0.799. The van der Waals surface area contributed by atoms with Crippen LogP contribution in [-0.4, -0.2) is 99.9 Å². The smallest absolute Gasteiger partial charge is 0.243 e. The van der Waals surface area contributed by atoms with Gasteiger partial charge in [-0.05, 0) is 25.5 Å². The van der Waals surface area contributed by atoms with Gasteiger partial charge >= 0.3 is 0 Å². The molecule has 0 spiro atoms. The Kier molecular flexibility index (Phi) is 12.4. The van der Waals surface area contributed by atoms with E-state index in [1.54, 1.807) is 25.1 Å². The largest absolute Gasteiger partial charge is 0.378 e. The van der Waals surface area contributed by atoms with Crippen molar-refractivity contribution in [1.82, 2.24) is 4.31 Å². The monoisotopic (exact) mass is 604 g/mol. The molecule has 1 unspecified atom stereocenters. The minimum Gasteiger partial charge on any atom is -0.378 e. The lowest BCUT2D eigenvalue weighted by Crippen LogP contribution is -2.41. The number of hydrogen-bond donors (Lipinski definition) is 0. The number of sulfone groups is 2. The van der Waals surface area contributed by atoms with Gasteiger partial charge in [0.2, 0.25) is 10.0 Å². The second-order valence-electron chi connectivity index (χ2n) is 9.31. The van der Waals surface area contributed by atoms with Crippen LogP contribution in [-0.2, 0) is 39.2 Å². The summed E-state index contributed by atoms with van der Waals surface area (Å²) in [5.41, 5.74) is 0.884. The lowest BCUT2D eigenvalue weighted by atomic mass is 10.1. The Bertz CT molecular complexity index is 1420. The molecule has 0 radical (unpaired) electrons. The Morgan fingerprint density at radius 1 is 0.846 bits per heavy atom. The zero-order chi connectivity index (χ0) is 29.3. The van der Waals surface area contributed by atoms with Crippen molar-refractivity contribution in [1.29, 1.82) is 0 Å². The third-order valence-electron chi connectivity index (χ3n) is 6.31. The van der Waals surface area contributed by atoms with Crippen molar-refractivity contribution in [2.24, 2.45) is 0 Å².